The van der Waals surface area contributed by atoms with Gasteiger partial charge in [0, 0.05) is 9.90 Å². The zero-order valence-electron chi connectivity index (χ0n) is 19.4. The Kier molecular flexibility index (Phi) is 6.38. The summed E-state index contributed by atoms with van der Waals surface area (Å²) < 4.78 is 29.3. The zero-order chi connectivity index (χ0) is 25.4. The van der Waals surface area contributed by atoms with Crippen LogP contribution in [0.25, 0.3) is 21.6 Å². The van der Waals surface area contributed by atoms with Crippen molar-refractivity contribution < 1.29 is 13.2 Å². The molecule has 3 heterocycles. The van der Waals surface area contributed by atoms with Gasteiger partial charge in [-0.25, -0.2) is 23.1 Å². The van der Waals surface area contributed by atoms with Gasteiger partial charge in [-0.15, -0.1) is 11.3 Å². The quantitative estimate of drug-likeness (QED) is 0.305. The van der Waals surface area contributed by atoms with Crippen LogP contribution in [0.2, 0.25) is 5.02 Å². The molecule has 0 saturated carbocycles. The maximum atomic E-state index is 12.8. The molecule has 0 bridgehead atoms. The number of aryl methyl sites for hydroxylation is 2. The lowest BCUT2D eigenvalue weighted by Gasteiger charge is -2.11. The largest absolute Gasteiger partial charge is 0.308 e. The number of rotatable bonds is 6. The maximum Gasteiger partial charge on any atom is 0.283 e. The molecule has 0 aliphatic heterocycles. The number of hydrogen-bond donors (Lipinski definition) is 1. The molecule has 7 nitrogen and oxygen atoms in total. The molecular formula is C26H21ClN4O3S2. The Balaban J connectivity index is 1.43. The normalized spacial score (nSPS) is 11.6. The summed E-state index contributed by atoms with van der Waals surface area (Å²) in [5.74, 6) is -0.123. The number of pyridine rings is 1. The van der Waals surface area contributed by atoms with Gasteiger partial charge in [0.05, 0.1) is 11.4 Å². The molecular weight excluding hydrogens is 516 g/mol. The van der Waals surface area contributed by atoms with Gasteiger partial charge in [-0.2, -0.15) is 0 Å². The molecule has 0 radical (unpaired) electrons. The van der Waals surface area contributed by atoms with E-state index in [2.05, 4.69) is 14.7 Å². The maximum absolute atomic E-state index is 12.8. The molecule has 0 aliphatic rings. The van der Waals surface area contributed by atoms with E-state index < -0.39 is 15.9 Å². The first kappa shape index (κ1) is 24.2. The number of benzene rings is 2. The summed E-state index contributed by atoms with van der Waals surface area (Å²) in [6.45, 7) is 4.09. The van der Waals surface area contributed by atoms with Crippen molar-refractivity contribution in [3.05, 3.63) is 99.8 Å². The SMILES string of the molecule is Cc1ccc(S(=O)(=O)NC(=O)c2ccc3nc(C)n(Cc4ccc(-c5cccs5)cc4Cl)c3n2)cc1. The van der Waals surface area contributed by atoms with Crippen molar-refractivity contribution in [2.24, 2.45) is 0 Å². The second-order valence-corrected chi connectivity index (χ2v) is 11.4. The van der Waals surface area contributed by atoms with E-state index in [1.165, 1.54) is 18.2 Å². The van der Waals surface area contributed by atoms with E-state index in [9.17, 15) is 13.2 Å². The molecule has 10 heteroatoms. The predicted octanol–water partition coefficient (Wildman–Crippen LogP) is 5.60. The second-order valence-electron chi connectivity index (χ2n) is 8.32. The number of thiophene rings is 1. The molecule has 5 rings (SSSR count). The van der Waals surface area contributed by atoms with Crippen LogP contribution in [0, 0.1) is 13.8 Å². The minimum atomic E-state index is -4.04. The third-order valence-corrected chi connectivity index (χ3v) is 8.38. The molecule has 5 aromatic rings. The average Bonchev–Trinajstić information content (AvgIpc) is 3.48. The van der Waals surface area contributed by atoms with Crippen molar-refractivity contribution in [3.8, 4) is 10.4 Å². The fourth-order valence-electron chi connectivity index (χ4n) is 3.82. The number of hydrogen-bond acceptors (Lipinski definition) is 6. The Bertz CT molecular complexity index is 1690. The number of fused-ring (bicyclic) bond motifs is 1. The van der Waals surface area contributed by atoms with E-state index in [-0.39, 0.29) is 10.6 Å². The van der Waals surface area contributed by atoms with E-state index in [0.29, 0.717) is 28.6 Å². The van der Waals surface area contributed by atoms with E-state index in [1.54, 1.807) is 29.5 Å². The van der Waals surface area contributed by atoms with Crippen molar-refractivity contribution in [2.75, 3.05) is 0 Å². The molecule has 182 valence electrons. The Labute approximate surface area is 217 Å². The number of imidazole rings is 1. The van der Waals surface area contributed by atoms with E-state index in [4.69, 9.17) is 11.6 Å². The predicted molar refractivity (Wildman–Crippen MR) is 142 cm³/mol. The molecule has 2 aromatic carbocycles. The fraction of sp³-hybridized carbons (Fsp3) is 0.115. The average molecular weight is 537 g/mol. The first-order chi connectivity index (χ1) is 17.2. The summed E-state index contributed by atoms with van der Waals surface area (Å²) in [6, 6.07) is 19.3. The van der Waals surface area contributed by atoms with Crippen LogP contribution >= 0.6 is 22.9 Å². The summed E-state index contributed by atoms with van der Waals surface area (Å²) in [5, 5.41) is 2.63. The summed E-state index contributed by atoms with van der Waals surface area (Å²) >= 11 is 8.25. The van der Waals surface area contributed by atoms with Crippen LogP contribution in [0.5, 0.6) is 0 Å². The van der Waals surface area contributed by atoms with Crippen LogP contribution in [-0.4, -0.2) is 28.9 Å². The van der Waals surface area contributed by atoms with Gasteiger partial charge in [-0.3, -0.25) is 4.79 Å². The smallest absolute Gasteiger partial charge is 0.283 e. The number of carbonyl (C=O) groups excluding carboxylic acids is 1. The van der Waals surface area contributed by atoms with Crippen LogP contribution in [-0.2, 0) is 16.6 Å². The van der Waals surface area contributed by atoms with Crippen LogP contribution < -0.4 is 4.72 Å². The Hall–Kier alpha value is -3.53. The summed E-state index contributed by atoms with van der Waals surface area (Å²) in [7, 11) is -4.04. The molecule has 0 unspecified atom stereocenters. The number of nitrogens with one attached hydrogen (secondary N) is 1. The Morgan fingerprint density at radius 3 is 2.50 bits per heavy atom. The molecule has 1 N–H and O–H groups in total. The van der Waals surface area contributed by atoms with Crippen molar-refractivity contribution in [1.82, 2.24) is 19.3 Å². The second kappa shape index (κ2) is 9.50. The highest BCUT2D eigenvalue weighted by atomic mass is 35.5. The highest BCUT2D eigenvalue weighted by Crippen LogP contribution is 2.30. The monoisotopic (exact) mass is 536 g/mol. The number of halogens is 1. The van der Waals surface area contributed by atoms with Crippen LogP contribution in [0.1, 0.15) is 27.4 Å². The van der Waals surface area contributed by atoms with Gasteiger partial charge in [0.25, 0.3) is 15.9 Å². The molecule has 0 spiro atoms. The third kappa shape index (κ3) is 4.77. The molecule has 0 atom stereocenters. The van der Waals surface area contributed by atoms with Gasteiger partial charge in [-0.05, 0) is 66.8 Å². The summed E-state index contributed by atoms with van der Waals surface area (Å²) in [4.78, 5) is 22.9. The first-order valence-electron chi connectivity index (χ1n) is 11.0. The number of amides is 1. The van der Waals surface area contributed by atoms with Crippen LogP contribution in [0.4, 0.5) is 0 Å². The number of carbonyl (C=O) groups is 1. The van der Waals surface area contributed by atoms with Crippen LogP contribution in [0.3, 0.4) is 0 Å². The summed E-state index contributed by atoms with van der Waals surface area (Å²) in [5.41, 5.74) is 3.86. The molecule has 36 heavy (non-hydrogen) atoms. The van der Waals surface area contributed by atoms with Crippen molar-refractivity contribution in [1.29, 1.82) is 0 Å². The zero-order valence-corrected chi connectivity index (χ0v) is 21.8. The lowest BCUT2D eigenvalue weighted by Crippen LogP contribution is -2.31. The minimum Gasteiger partial charge on any atom is -0.308 e. The summed E-state index contributed by atoms with van der Waals surface area (Å²) in [6.07, 6.45) is 0. The Morgan fingerprint density at radius 2 is 1.81 bits per heavy atom. The number of nitrogens with zero attached hydrogens (tertiary/aromatic N) is 3. The molecule has 0 aliphatic carbocycles. The van der Waals surface area contributed by atoms with Crippen molar-refractivity contribution >= 4 is 50.0 Å². The van der Waals surface area contributed by atoms with Gasteiger partial charge in [0.2, 0.25) is 0 Å². The first-order valence-corrected chi connectivity index (χ1v) is 13.8. The van der Waals surface area contributed by atoms with E-state index >= 15 is 0 Å². The van der Waals surface area contributed by atoms with Gasteiger partial charge in [-0.1, -0.05) is 47.5 Å². The highest BCUT2D eigenvalue weighted by molar-refractivity contribution is 7.90. The van der Waals surface area contributed by atoms with Crippen molar-refractivity contribution in [2.45, 2.75) is 25.3 Å². The third-order valence-electron chi connectivity index (χ3n) is 5.76. The van der Waals surface area contributed by atoms with Gasteiger partial charge >= 0.3 is 0 Å². The number of aromatic nitrogens is 3. The van der Waals surface area contributed by atoms with Crippen molar-refractivity contribution in [3.63, 3.8) is 0 Å². The van der Waals surface area contributed by atoms with Gasteiger partial charge in [0.15, 0.2) is 5.65 Å². The van der Waals surface area contributed by atoms with Gasteiger partial charge < -0.3 is 4.57 Å². The lowest BCUT2D eigenvalue weighted by atomic mass is 10.1. The standard InChI is InChI=1S/C26H21ClN4O3S2/c1-16-5-9-20(10-6-16)36(33,34)30-26(32)23-12-11-22-25(29-23)31(17(2)28-22)15-19-8-7-18(14-21(19)27)24-4-3-13-35-24/h3-14H,15H2,1-2H3,(H,30,32). The minimum absolute atomic E-state index is 0.00375. The fourth-order valence-corrected chi connectivity index (χ4v) is 5.75. The van der Waals surface area contributed by atoms with Gasteiger partial charge in [0.1, 0.15) is 17.0 Å². The van der Waals surface area contributed by atoms with Crippen LogP contribution in [0.15, 0.2) is 77.0 Å². The molecule has 0 fully saturated rings. The number of sulfonamides is 1. The topological polar surface area (TPSA) is 94.0 Å². The van der Waals surface area contributed by atoms with E-state index in [0.717, 1.165) is 21.6 Å². The molecule has 1 amide bonds. The Morgan fingerprint density at radius 1 is 1.03 bits per heavy atom. The molecule has 0 saturated heterocycles. The highest BCUT2D eigenvalue weighted by Gasteiger charge is 2.21. The lowest BCUT2D eigenvalue weighted by molar-refractivity contribution is 0.0977. The van der Waals surface area contributed by atoms with E-state index in [1.807, 2.05) is 54.1 Å². The molecule has 3 aromatic heterocycles.